The smallest absolute Gasteiger partial charge is 0.328 e. The number of amides is 1. The lowest BCUT2D eigenvalue weighted by atomic mass is 9.85. The highest BCUT2D eigenvalue weighted by Gasteiger charge is 2.34. The van der Waals surface area contributed by atoms with E-state index < -0.39 is 6.04 Å². The van der Waals surface area contributed by atoms with Gasteiger partial charge in [0.05, 0.1) is 6.61 Å². The van der Waals surface area contributed by atoms with E-state index in [4.69, 9.17) is 9.15 Å². The Hall–Kier alpha value is -2.56. The van der Waals surface area contributed by atoms with Gasteiger partial charge in [0, 0.05) is 13.0 Å². The number of ether oxygens (including phenoxy) is 1. The molecule has 1 amide bonds. The molecule has 2 heterocycles. The molecule has 1 saturated heterocycles. The van der Waals surface area contributed by atoms with Crippen molar-refractivity contribution in [2.45, 2.75) is 71.8 Å². The lowest BCUT2D eigenvalue weighted by Crippen LogP contribution is -2.48. The van der Waals surface area contributed by atoms with Crippen molar-refractivity contribution in [3.63, 3.8) is 0 Å². The van der Waals surface area contributed by atoms with Crippen LogP contribution in [0.3, 0.4) is 0 Å². The molecule has 1 aromatic carbocycles. The molecule has 5 heteroatoms. The molecule has 162 valence electrons. The molecule has 0 saturated carbocycles. The molecule has 1 aromatic heterocycles. The van der Waals surface area contributed by atoms with Crippen molar-refractivity contribution in [2.75, 3.05) is 13.2 Å². The molecule has 0 radical (unpaired) electrons. The summed E-state index contributed by atoms with van der Waals surface area (Å²) in [6.07, 6.45) is 3.06. The first-order valence-electron chi connectivity index (χ1n) is 10.9. The van der Waals surface area contributed by atoms with E-state index in [-0.39, 0.29) is 23.1 Å². The highest BCUT2D eigenvalue weighted by atomic mass is 16.5. The van der Waals surface area contributed by atoms with Gasteiger partial charge in [0.2, 0.25) is 0 Å². The predicted molar refractivity (Wildman–Crippen MR) is 117 cm³/mol. The topological polar surface area (TPSA) is 59.8 Å². The maximum atomic E-state index is 13.1. The van der Waals surface area contributed by atoms with Crippen molar-refractivity contribution in [3.05, 3.63) is 58.5 Å². The second-order valence-corrected chi connectivity index (χ2v) is 9.10. The Morgan fingerprint density at radius 3 is 2.63 bits per heavy atom. The lowest BCUT2D eigenvalue weighted by molar-refractivity contribution is -0.149. The molecule has 1 unspecified atom stereocenters. The Morgan fingerprint density at radius 2 is 1.93 bits per heavy atom. The van der Waals surface area contributed by atoms with E-state index in [1.165, 1.54) is 16.7 Å². The average molecular weight is 412 g/mol. The zero-order valence-electron chi connectivity index (χ0n) is 18.8. The van der Waals surface area contributed by atoms with Crippen LogP contribution in [0.15, 0.2) is 34.7 Å². The summed E-state index contributed by atoms with van der Waals surface area (Å²) in [6, 6.07) is 9.59. The molecule has 1 fully saturated rings. The number of piperidine rings is 1. The zero-order chi connectivity index (χ0) is 21.9. The van der Waals surface area contributed by atoms with Gasteiger partial charge in [-0.15, -0.1) is 0 Å². The van der Waals surface area contributed by atoms with Crippen molar-refractivity contribution >= 4 is 11.9 Å². The number of nitrogens with zero attached hydrogens (tertiary/aromatic N) is 1. The van der Waals surface area contributed by atoms with Crippen molar-refractivity contribution in [3.8, 4) is 0 Å². The maximum absolute atomic E-state index is 13.1. The average Bonchev–Trinajstić information content (AvgIpc) is 3.17. The van der Waals surface area contributed by atoms with Crippen LogP contribution in [0.2, 0.25) is 0 Å². The Morgan fingerprint density at radius 1 is 1.17 bits per heavy atom. The fraction of sp³-hybridized carbons (Fsp3) is 0.520. The molecule has 2 aromatic rings. The van der Waals surface area contributed by atoms with Crippen LogP contribution in [0, 0.1) is 6.92 Å². The third-order valence-corrected chi connectivity index (χ3v) is 5.77. The van der Waals surface area contributed by atoms with Gasteiger partial charge < -0.3 is 14.1 Å². The molecule has 0 aliphatic carbocycles. The minimum atomic E-state index is -0.523. The molecule has 1 aliphatic heterocycles. The van der Waals surface area contributed by atoms with Crippen molar-refractivity contribution < 1.29 is 18.7 Å². The molecular weight excluding hydrogens is 378 g/mol. The van der Waals surface area contributed by atoms with Crippen molar-refractivity contribution in [2.24, 2.45) is 0 Å². The third-order valence-electron chi connectivity index (χ3n) is 5.77. The first kappa shape index (κ1) is 22.1. The van der Waals surface area contributed by atoms with E-state index in [1.807, 2.05) is 6.07 Å². The molecule has 0 N–H and O–H groups in total. The van der Waals surface area contributed by atoms with E-state index >= 15 is 0 Å². The standard InChI is InChI=1S/C25H33NO4/c1-6-29-24(28)21-9-7-8-14-26(21)23(27)22-13-12-20(30-22)16-18-15-19(25(3,4)5)11-10-17(18)2/h10-13,15,21H,6-9,14,16H2,1-5H3. The Bertz CT molecular complexity index is 906. The van der Waals surface area contributed by atoms with Crippen LogP contribution in [0.1, 0.15) is 80.0 Å². The first-order chi connectivity index (χ1) is 14.2. The summed E-state index contributed by atoms with van der Waals surface area (Å²) >= 11 is 0. The van der Waals surface area contributed by atoms with Crippen LogP contribution in [-0.2, 0) is 21.4 Å². The van der Waals surface area contributed by atoms with E-state index in [2.05, 4.69) is 45.9 Å². The summed E-state index contributed by atoms with van der Waals surface area (Å²) in [5.41, 5.74) is 3.74. The number of likely N-dealkylation sites (tertiary alicyclic amines) is 1. The largest absolute Gasteiger partial charge is 0.464 e. The van der Waals surface area contributed by atoms with Gasteiger partial charge in [-0.1, -0.05) is 39.0 Å². The van der Waals surface area contributed by atoms with Crippen LogP contribution in [-0.4, -0.2) is 36.0 Å². The summed E-state index contributed by atoms with van der Waals surface area (Å²) in [5.74, 6) is 0.467. The van der Waals surface area contributed by atoms with Gasteiger partial charge in [0.1, 0.15) is 11.8 Å². The van der Waals surface area contributed by atoms with Gasteiger partial charge in [0.25, 0.3) is 5.91 Å². The molecule has 5 nitrogen and oxygen atoms in total. The normalized spacial score (nSPS) is 17.1. The highest BCUT2D eigenvalue weighted by Crippen LogP contribution is 2.27. The van der Waals surface area contributed by atoms with Gasteiger partial charge in [-0.25, -0.2) is 4.79 Å². The molecule has 30 heavy (non-hydrogen) atoms. The molecule has 1 aliphatic rings. The van der Waals surface area contributed by atoms with Crippen molar-refractivity contribution in [1.29, 1.82) is 0 Å². The van der Waals surface area contributed by atoms with E-state index in [1.54, 1.807) is 17.9 Å². The quantitative estimate of drug-likeness (QED) is 0.647. The van der Waals surface area contributed by atoms with Crippen LogP contribution >= 0.6 is 0 Å². The fourth-order valence-electron chi connectivity index (χ4n) is 3.90. The van der Waals surface area contributed by atoms with E-state index in [0.717, 1.165) is 18.6 Å². The van der Waals surface area contributed by atoms with Crippen LogP contribution in [0.25, 0.3) is 0 Å². The zero-order valence-corrected chi connectivity index (χ0v) is 18.8. The number of aryl methyl sites for hydroxylation is 1. The van der Waals surface area contributed by atoms with Crippen molar-refractivity contribution in [1.82, 2.24) is 4.90 Å². The number of rotatable bonds is 5. The predicted octanol–water partition coefficient (Wildman–Crippen LogP) is 5.03. The minimum Gasteiger partial charge on any atom is -0.464 e. The molecular formula is C25H33NO4. The van der Waals surface area contributed by atoms with E-state index in [0.29, 0.717) is 26.0 Å². The molecule has 0 bridgehead atoms. The lowest BCUT2D eigenvalue weighted by Gasteiger charge is -2.33. The maximum Gasteiger partial charge on any atom is 0.328 e. The second kappa shape index (κ2) is 9.07. The summed E-state index contributed by atoms with van der Waals surface area (Å²) in [7, 11) is 0. The Labute approximate surface area is 179 Å². The van der Waals surface area contributed by atoms with Gasteiger partial charge >= 0.3 is 5.97 Å². The molecule has 3 rings (SSSR count). The molecule has 0 spiro atoms. The van der Waals surface area contributed by atoms with Gasteiger partial charge in [-0.3, -0.25) is 4.79 Å². The number of hydrogen-bond acceptors (Lipinski definition) is 4. The van der Waals surface area contributed by atoms with Crippen LogP contribution in [0.5, 0.6) is 0 Å². The Balaban J connectivity index is 1.77. The van der Waals surface area contributed by atoms with Gasteiger partial charge in [-0.05, 0) is 67.3 Å². The molecule has 1 atom stereocenters. The number of benzene rings is 1. The summed E-state index contributed by atoms with van der Waals surface area (Å²) in [5, 5.41) is 0. The number of furan rings is 1. The van der Waals surface area contributed by atoms with Crippen LogP contribution < -0.4 is 0 Å². The second-order valence-electron chi connectivity index (χ2n) is 9.10. The number of hydrogen-bond donors (Lipinski definition) is 0. The first-order valence-corrected chi connectivity index (χ1v) is 10.9. The minimum absolute atomic E-state index is 0.0725. The summed E-state index contributed by atoms with van der Waals surface area (Å²) in [6.45, 7) is 11.3. The SMILES string of the molecule is CCOC(=O)C1CCCCN1C(=O)c1ccc(Cc2cc(C(C)(C)C)ccc2C)o1. The number of carbonyl (C=O) groups excluding carboxylic acids is 2. The highest BCUT2D eigenvalue weighted by molar-refractivity contribution is 5.94. The monoisotopic (exact) mass is 411 g/mol. The third kappa shape index (κ3) is 4.94. The fourth-order valence-corrected chi connectivity index (χ4v) is 3.90. The van der Waals surface area contributed by atoms with E-state index in [9.17, 15) is 9.59 Å². The number of carbonyl (C=O) groups is 2. The van der Waals surface area contributed by atoms with Gasteiger partial charge in [0.15, 0.2) is 5.76 Å². The summed E-state index contributed by atoms with van der Waals surface area (Å²) < 4.78 is 11.1. The Kier molecular flexibility index (Phi) is 6.69. The summed E-state index contributed by atoms with van der Waals surface area (Å²) in [4.78, 5) is 27.0. The van der Waals surface area contributed by atoms with Crippen LogP contribution in [0.4, 0.5) is 0 Å². The number of esters is 1. The van der Waals surface area contributed by atoms with Gasteiger partial charge in [-0.2, -0.15) is 0 Å².